The second kappa shape index (κ2) is 7.97. The summed E-state index contributed by atoms with van der Waals surface area (Å²) in [6.45, 7) is 0. The van der Waals surface area contributed by atoms with Gasteiger partial charge in [0.1, 0.15) is 6.04 Å². The van der Waals surface area contributed by atoms with Crippen LogP contribution < -0.4 is 11.1 Å². The van der Waals surface area contributed by atoms with Crippen LogP contribution in [0.5, 0.6) is 0 Å². The summed E-state index contributed by atoms with van der Waals surface area (Å²) in [7, 11) is 0. The van der Waals surface area contributed by atoms with Crippen LogP contribution in [0.2, 0.25) is 10.0 Å². The Hall–Kier alpha value is -2.25. The highest BCUT2D eigenvalue weighted by molar-refractivity contribution is 6.36. The molecule has 26 heavy (non-hydrogen) atoms. The predicted octanol–water partition coefficient (Wildman–Crippen LogP) is 3.84. The summed E-state index contributed by atoms with van der Waals surface area (Å²) < 4.78 is 37.7. The second-order valence-corrected chi connectivity index (χ2v) is 6.22. The molecule has 0 bridgehead atoms. The van der Waals surface area contributed by atoms with E-state index in [4.69, 9.17) is 28.9 Å². The number of amides is 2. The van der Waals surface area contributed by atoms with Crippen LogP contribution in [0.3, 0.4) is 0 Å². The summed E-state index contributed by atoms with van der Waals surface area (Å²) in [6.07, 6.45) is -4.56. The first-order valence-corrected chi connectivity index (χ1v) is 8.05. The van der Waals surface area contributed by atoms with E-state index in [1.165, 1.54) is 0 Å². The molecule has 0 saturated carbocycles. The van der Waals surface area contributed by atoms with Crippen LogP contribution >= 0.6 is 23.2 Å². The summed E-state index contributed by atoms with van der Waals surface area (Å²) in [5.41, 5.74) is 4.79. The van der Waals surface area contributed by atoms with Gasteiger partial charge in [-0.05, 0) is 42.0 Å². The number of nitrogens with one attached hydrogen (secondary N) is 1. The highest BCUT2D eigenvalue weighted by Crippen LogP contribution is 2.29. The maximum Gasteiger partial charge on any atom is 0.416 e. The summed E-state index contributed by atoms with van der Waals surface area (Å²) in [4.78, 5) is 23.9. The summed E-state index contributed by atoms with van der Waals surface area (Å²) in [5.74, 6) is -1.58. The van der Waals surface area contributed by atoms with Gasteiger partial charge in [0, 0.05) is 22.0 Å². The molecule has 0 aliphatic heterocycles. The molecule has 0 aliphatic rings. The number of rotatable bonds is 5. The molecule has 3 N–H and O–H groups in total. The first-order chi connectivity index (χ1) is 12.1. The zero-order chi connectivity index (χ0) is 19.5. The molecule has 0 fully saturated rings. The molecule has 0 radical (unpaired) electrons. The van der Waals surface area contributed by atoms with Crippen LogP contribution in [-0.2, 0) is 17.4 Å². The van der Waals surface area contributed by atoms with Crippen molar-refractivity contribution in [3.63, 3.8) is 0 Å². The van der Waals surface area contributed by atoms with E-state index in [-0.39, 0.29) is 12.0 Å². The number of halogens is 5. The van der Waals surface area contributed by atoms with Gasteiger partial charge >= 0.3 is 6.18 Å². The quantitative estimate of drug-likeness (QED) is 0.794. The van der Waals surface area contributed by atoms with Gasteiger partial charge in [0.2, 0.25) is 5.91 Å². The van der Waals surface area contributed by atoms with E-state index in [1.807, 2.05) is 0 Å². The van der Waals surface area contributed by atoms with Crippen LogP contribution in [0.1, 0.15) is 21.5 Å². The van der Waals surface area contributed by atoms with Crippen LogP contribution in [0.15, 0.2) is 42.5 Å². The van der Waals surface area contributed by atoms with Gasteiger partial charge in [-0.3, -0.25) is 9.59 Å². The third-order valence-electron chi connectivity index (χ3n) is 3.59. The lowest BCUT2D eigenvalue weighted by Crippen LogP contribution is -2.46. The number of hydrogen-bond donors (Lipinski definition) is 2. The molecular weight excluding hydrogens is 392 g/mol. The number of primary amides is 1. The van der Waals surface area contributed by atoms with Crippen molar-refractivity contribution in [3.8, 4) is 0 Å². The van der Waals surface area contributed by atoms with E-state index >= 15 is 0 Å². The number of carbonyl (C=O) groups excluding carboxylic acids is 2. The van der Waals surface area contributed by atoms with Crippen molar-refractivity contribution in [2.45, 2.75) is 18.6 Å². The maximum atomic E-state index is 12.6. The standard InChI is InChI=1S/C17H13Cl2F3N2O2/c18-12-2-1-3-13(19)11(12)8-14(15(23)25)24-16(26)9-4-6-10(7-5-9)17(20,21)22/h1-7,14H,8H2,(H2,23,25)(H,24,26)/t14-/m0/s1. The van der Waals surface area contributed by atoms with Gasteiger partial charge in [-0.2, -0.15) is 13.2 Å². The lowest BCUT2D eigenvalue weighted by molar-refractivity contribution is -0.137. The minimum Gasteiger partial charge on any atom is -0.368 e. The Morgan fingerprint density at radius 2 is 1.58 bits per heavy atom. The second-order valence-electron chi connectivity index (χ2n) is 5.41. The molecule has 1 atom stereocenters. The average Bonchev–Trinajstić information content (AvgIpc) is 2.56. The van der Waals surface area contributed by atoms with Crippen LogP contribution in [0.4, 0.5) is 13.2 Å². The molecule has 2 aromatic rings. The molecule has 0 aliphatic carbocycles. The van der Waals surface area contributed by atoms with Crippen LogP contribution in [0, 0.1) is 0 Å². The molecule has 9 heteroatoms. The van der Waals surface area contributed by atoms with Gasteiger partial charge in [-0.1, -0.05) is 29.3 Å². The highest BCUT2D eigenvalue weighted by atomic mass is 35.5. The van der Waals surface area contributed by atoms with Crippen LogP contribution in [-0.4, -0.2) is 17.9 Å². The van der Waals surface area contributed by atoms with Gasteiger partial charge < -0.3 is 11.1 Å². The number of carbonyl (C=O) groups is 2. The Balaban J connectivity index is 2.17. The minimum atomic E-state index is -4.51. The maximum absolute atomic E-state index is 12.6. The summed E-state index contributed by atoms with van der Waals surface area (Å²) in [5, 5.41) is 2.98. The van der Waals surface area contributed by atoms with E-state index < -0.39 is 29.6 Å². The Morgan fingerprint density at radius 3 is 2.04 bits per heavy atom. The Morgan fingerprint density at radius 1 is 1.04 bits per heavy atom. The molecule has 0 unspecified atom stereocenters. The molecule has 0 saturated heterocycles. The van der Waals surface area contributed by atoms with E-state index in [0.717, 1.165) is 24.3 Å². The molecule has 4 nitrogen and oxygen atoms in total. The Bertz CT molecular complexity index is 803. The zero-order valence-corrected chi connectivity index (χ0v) is 14.6. The average molecular weight is 405 g/mol. The van der Waals surface area contributed by atoms with Crippen molar-refractivity contribution in [1.29, 1.82) is 0 Å². The molecule has 2 aromatic carbocycles. The Labute approximate surface area is 157 Å². The molecule has 0 aromatic heterocycles. The fourth-order valence-electron chi connectivity index (χ4n) is 2.21. The van der Waals surface area contributed by atoms with Crippen molar-refractivity contribution in [3.05, 3.63) is 69.2 Å². The molecule has 2 amide bonds. The third-order valence-corrected chi connectivity index (χ3v) is 4.30. The lowest BCUT2D eigenvalue weighted by atomic mass is 10.0. The van der Waals surface area contributed by atoms with Gasteiger partial charge in [-0.25, -0.2) is 0 Å². The molecule has 2 rings (SSSR count). The van der Waals surface area contributed by atoms with E-state index in [9.17, 15) is 22.8 Å². The van der Waals surface area contributed by atoms with Crippen molar-refractivity contribution in [2.24, 2.45) is 5.73 Å². The predicted molar refractivity (Wildman–Crippen MR) is 92.1 cm³/mol. The van der Waals surface area contributed by atoms with Gasteiger partial charge in [0.15, 0.2) is 0 Å². The number of nitrogens with two attached hydrogens (primary N) is 1. The molecule has 138 valence electrons. The summed E-state index contributed by atoms with van der Waals surface area (Å²) >= 11 is 12.1. The highest BCUT2D eigenvalue weighted by Gasteiger charge is 2.30. The van der Waals surface area contributed by atoms with E-state index in [0.29, 0.717) is 15.6 Å². The monoisotopic (exact) mass is 404 g/mol. The van der Waals surface area contributed by atoms with Crippen molar-refractivity contribution >= 4 is 35.0 Å². The smallest absolute Gasteiger partial charge is 0.368 e. The Kier molecular flexibility index (Phi) is 6.15. The molecule has 0 spiro atoms. The van der Waals surface area contributed by atoms with Gasteiger partial charge in [0.25, 0.3) is 5.91 Å². The van der Waals surface area contributed by atoms with Gasteiger partial charge in [0.05, 0.1) is 5.56 Å². The fourth-order valence-corrected chi connectivity index (χ4v) is 2.76. The summed E-state index contributed by atoms with van der Waals surface area (Å²) in [6, 6.07) is 7.20. The first-order valence-electron chi connectivity index (χ1n) is 7.30. The fraction of sp³-hybridized carbons (Fsp3) is 0.176. The number of benzene rings is 2. The molecular formula is C17H13Cl2F3N2O2. The lowest BCUT2D eigenvalue weighted by Gasteiger charge is -2.17. The number of alkyl halides is 3. The van der Waals surface area contributed by atoms with Crippen molar-refractivity contribution < 1.29 is 22.8 Å². The van der Waals surface area contributed by atoms with Crippen molar-refractivity contribution in [1.82, 2.24) is 5.32 Å². The first kappa shape index (κ1) is 20.1. The number of hydrogen-bond acceptors (Lipinski definition) is 2. The third kappa shape index (κ3) is 4.89. The SMILES string of the molecule is NC(=O)[C@H](Cc1c(Cl)cccc1Cl)NC(=O)c1ccc(C(F)(F)F)cc1. The van der Waals surface area contributed by atoms with Crippen LogP contribution in [0.25, 0.3) is 0 Å². The molecule has 0 heterocycles. The van der Waals surface area contributed by atoms with E-state index in [1.54, 1.807) is 18.2 Å². The minimum absolute atomic E-state index is 0.0468. The zero-order valence-electron chi connectivity index (χ0n) is 13.1. The van der Waals surface area contributed by atoms with E-state index in [2.05, 4.69) is 5.32 Å². The van der Waals surface area contributed by atoms with Gasteiger partial charge in [-0.15, -0.1) is 0 Å². The normalized spacial score (nSPS) is 12.5. The largest absolute Gasteiger partial charge is 0.416 e. The van der Waals surface area contributed by atoms with Crippen molar-refractivity contribution in [2.75, 3.05) is 0 Å². The topological polar surface area (TPSA) is 72.2 Å².